The molecule has 21 heavy (non-hydrogen) atoms. The molecular weight excluding hydrogens is 258 g/mol. The molecule has 1 saturated carbocycles. The van der Waals surface area contributed by atoms with Crippen LogP contribution in [0.4, 0.5) is 0 Å². The van der Waals surface area contributed by atoms with Crippen molar-refractivity contribution >= 4 is 10.9 Å². The summed E-state index contributed by atoms with van der Waals surface area (Å²) in [5.41, 5.74) is 9.40. The summed E-state index contributed by atoms with van der Waals surface area (Å²) >= 11 is 0. The zero-order valence-electron chi connectivity index (χ0n) is 13.0. The van der Waals surface area contributed by atoms with Crippen molar-refractivity contribution in [1.82, 2.24) is 10.3 Å². The number of rotatable bonds is 4. The van der Waals surface area contributed by atoms with E-state index < -0.39 is 0 Å². The molecule has 2 aromatic rings. The van der Waals surface area contributed by atoms with Crippen LogP contribution in [0.15, 0.2) is 30.3 Å². The second kappa shape index (κ2) is 6.12. The van der Waals surface area contributed by atoms with Gasteiger partial charge in [-0.05, 0) is 55.9 Å². The maximum absolute atomic E-state index is 6.01. The van der Waals surface area contributed by atoms with Crippen molar-refractivity contribution in [3.63, 3.8) is 0 Å². The van der Waals surface area contributed by atoms with Gasteiger partial charge in [-0.15, -0.1) is 0 Å². The first kappa shape index (κ1) is 14.5. The van der Waals surface area contributed by atoms with E-state index >= 15 is 0 Å². The molecule has 112 valence electrons. The average Bonchev–Trinajstić information content (AvgIpc) is 2.89. The number of hydrogen-bond acceptors (Lipinski definition) is 3. The Bertz CT molecular complexity index is 623. The van der Waals surface area contributed by atoms with Crippen molar-refractivity contribution in [3.8, 4) is 0 Å². The largest absolute Gasteiger partial charge is 0.329 e. The fourth-order valence-corrected chi connectivity index (χ4v) is 3.41. The number of pyridine rings is 1. The fraction of sp³-hybridized carbons (Fsp3) is 0.500. The third-order valence-corrected chi connectivity index (χ3v) is 4.62. The minimum Gasteiger partial charge on any atom is -0.329 e. The predicted molar refractivity (Wildman–Crippen MR) is 88.2 cm³/mol. The van der Waals surface area contributed by atoms with Gasteiger partial charge in [0.2, 0.25) is 0 Å². The van der Waals surface area contributed by atoms with Gasteiger partial charge in [0, 0.05) is 29.7 Å². The monoisotopic (exact) mass is 283 g/mol. The van der Waals surface area contributed by atoms with Crippen LogP contribution in [0, 0.1) is 12.8 Å². The molecule has 1 aliphatic rings. The average molecular weight is 283 g/mol. The van der Waals surface area contributed by atoms with Gasteiger partial charge in [0.05, 0.1) is 5.52 Å². The summed E-state index contributed by atoms with van der Waals surface area (Å²) in [6, 6.07) is 11.6. The van der Waals surface area contributed by atoms with E-state index in [0.717, 1.165) is 17.1 Å². The molecule has 0 saturated heterocycles. The standard InChI is InChI=1S/C18H25N3/c1-12-3-7-16(9-12)21-18(11-19)15-6-8-17-14(10-15)5-4-13(2)20-17/h4-6,8,10,12,16,18,21H,3,7,9,11,19H2,1-2H3. The molecule has 0 radical (unpaired) electrons. The highest BCUT2D eigenvalue weighted by molar-refractivity contribution is 5.79. The molecule has 3 rings (SSSR count). The molecule has 1 aliphatic carbocycles. The van der Waals surface area contributed by atoms with Crippen LogP contribution in [-0.2, 0) is 0 Å². The molecule has 3 atom stereocenters. The summed E-state index contributed by atoms with van der Waals surface area (Å²) in [5.74, 6) is 0.838. The Morgan fingerprint density at radius 3 is 2.86 bits per heavy atom. The molecule has 1 aromatic heterocycles. The fourth-order valence-electron chi connectivity index (χ4n) is 3.41. The molecule has 3 nitrogen and oxygen atoms in total. The summed E-state index contributed by atoms with van der Waals surface area (Å²) in [6.07, 6.45) is 3.87. The van der Waals surface area contributed by atoms with Crippen LogP contribution in [0.1, 0.15) is 43.5 Å². The maximum atomic E-state index is 6.01. The van der Waals surface area contributed by atoms with Crippen molar-refractivity contribution in [1.29, 1.82) is 0 Å². The SMILES string of the molecule is Cc1ccc2cc(C(CN)NC3CCC(C)C3)ccc2n1. The van der Waals surface area contributed by atoms with Crippen LogP contribution in [0.5, 0.6) is 0 Å². The number of aromatic nitrogens is 1. The first-order valence-corrected chi connectivity index (χ1v) is 7.99. The lowest BCUT2D eigenvalue weighted by Crippen LogP contribution is -2.35. The minimum atomic E-state index is 0.242. The molecule has 1 aromatic carbocycles. The van der Waals surface area contributed by atoms with Gasteiger partial charge < -0.3 is 11.1 Å². The number of hydrogen-bond donors (Lipinski definition) is 2. The number of nitrogens with zero attached hydrogens (tertiary/aromatic N) is 1. The van der Waals surface area contributed by atoms with Gasteiger partial charge >= 0.3 is 0 Å². The van der Waals surface area contributed by atoms with E-state index in [1.54, 1.807) is 0 Å². The van der Waals surface area contributed by atoms with Gasteiger partial charge in [-0.25, -0.2) is 0 Å². The molecule has 0 bridgehead atoms. The third-order valence-electron chi connectivity index (χ3n) is 4.62. The van der Waals surface area contributed by atoms with E-state index in [1.165, 1.54) is 30.2 Å². The van der Waals surface area contributed by atoms with Crippen molar-refractivity contribution in [2.24, 2.45) is 11.7 Å². The van der Waals surface area contributed by atoms with E-state index in [4.69, 9.17) is 5.73 Å². The smallest absolute Gasteiger partial charge is 0.0705 e. The minimum absolute atomic E-state index is 0.242. The highest BCUT2D eigenvalue weighted by Gasteiger charge is 2.23. The maximum Gasteiger partial charge on any atom is 0.0705 e. The molecule has 3 N–H and O–H groups in total. The van der Waals surface area contributed by atoms with Crippen molar-refractivity contribution in [3.05, 3.63) is 41.6 Å². The van der Waals surface area contributed by atoms with Gasteiger partial charge in [-0.2, -0.15) is 0 Å². The van der Waals surface area contributed by atoms with Crippen LogP contribution < -0.4 is 11.1 Å². The highest BCUT2D eigenvalue weighted by atomic mass is 15.0. The van der Waals surface area contributed by atoms with Gasteiger partial charge in [0.1, 0.15) is 0 Å². The normalized spacial score (nSPS) is 23.6. The van der Waals surface area contributed by atoms with Crippen molar-refractivity contribution < 1.29 is 0 Å². The van der Waals surface area contributed by atoms with E-state index in [0.29, 0.717) is 12.6 Å². The Labute approximate surface area is 127 Å². The van der Waals surface area contributed by atoms with Crippen LogP contribution in [0.25, 0.3) is 10.9 Å². The van der Waals surface area contributed by atoms with Crippen LogP contribution >= 0.6 is 0 Å². The number of nitrogens with one attached hydrogen (secondary N) is 1. The zero-order chi connectivity index (χ0) is 14.8. The lowest BCUT2D eigenvalue weighted by Gasteiger charge is -2.22. The highest BCUT2D eigenvalue weighted by Crippen LogP contribution is 2.27. The van der Waals surface area contributed by atoms with Crippen LogP contribution in [0.2, 0.25) is 0 Å². The van der Waals surface area contributed by atoms with E-state index in [-0.39, 0.29) is 6.04 Å². The molecule has 1 fully saturated rings. The van der Waals surface area contributed by atoms with E-state index in [2.05, 4.69) is 47.6 Å². The second-order valence-corrected chi connectivity index (χ2v) is 6.47. The molecule has 1 heterocycles. The molecule has 3 unspecified atom stereocenters. The number of benzene rings is 1. The van der Waals surface area contributed by atoms with E-state index in [1.807, 2.05) is 6.92 Å². The van der Waals surface area contributed by atoms with Crippen LogP contribution in [0.3, 0.4) is 0 Å². The zero-order valence-corrected chi connectivity index (χ0v) is 13.0. The summed E-state index contributed by atoms with van der Waals surface area (Å²) in [6.45, 7) is 5.00. The van der Waals surface area contributed by atoms with Gasteiger partial charge in [0.25, 0.3) is 0 Å². The number of nitrogens with two attached hydrogens (primary N) is 1. The Hall–Kier alpha value is -1.45. The first-order chi connectivity index (χ1) is 10.2. The molecule has 0 amide bonds. The van der Waals surface area contributed by atoms with Gasteiger partial charge in [-0.1, -0.05) is 19.1 Å². The Balaban J connectivity index is 1.81. The van der Waals surface area contributed by atoms with Gasteiger partial charge in [-0.3, -0.25) is 4.98 Å². The van der Waals surface area contributed by atoms with Crippen molar-refractivity contribution in [2.45, 2.75) is 45.2 Å². The van der Waals surface area contributed by atoms with Crippen LogP contribution in [-0.4, -0.2) is 17.6 Å². The predicted octanol–water partition coefficient (Wildman–Crippen LogP) is 3.32. The Kier molecular flexibility index (Phi) is 4.22. The Morgan fingerprint density at radius 2 is 2.14 bits per heavy atom. The lowest BCUT2D eigenvalue weighted by atomic mass is 10.0. The summed E-state index contributed by atoms with van der Waals surface area (Å²) in [5, 5.41) is 4.94. The first-order valence-electron chi connectivity index (χ1n) is 7.99. The summed E-state index contributed by atoms with van der Waals surface area (Å²) < 4.78 is 0. The summed E-state index contributed by atoms with van der Waals surface area (Å²) in [7, 11) is 0. The second-order valence-electron chi connectivity index (χ2n) is 6.47. The number of aryl methyl sites for hydroxylation is 1. The summed E-state index contributed by atoms with van der Waals surface area (Å²) in [4.78, 5) is 4.56. The van der Waals surface area contributed by atoms with Crippen molar-refractivity contribution in [2.75, 3.05) is 6.54 Å². The quantitative estimate of drug-likeness (QED) is 0.905. The molecular formula is C18H25N3. The molecule has 0 aliphatic heterocycles. The number of fused-ring (bicyclic) bond motifs is 1. The third kappa shape index (κ3) is 3.25. The Morgan fingerprint density at radius 1 is 1.29 bits per heavy atom. The van der Waals surface area contributed by atoms with E-state index in [9.17, 15) is 0 Å². The molecule has 0 spiro atoms. The topological polar surface area (TPSA) is 50.9 Å². The molecule has 3 heteroatoms. The van der Waals surface area contributed by atoms with Gasteiger partial charge in [0.15, 0.2) is 0 Å². The lowest BCUT2D eigenvalue weighted by molar-refractivity contribution is 0.434.